The maximum absolute atomic E-state index is 14.2. The molecule has 3 heterocycles. The van der Waals surface area contributed by atoms with Gasteiger partial charge in [0.25, 0.3) is 0 Å². The van der Waals surface area contributed by atoms with Gasteiger partial charge in [0.1, 0.15) is 35.5 Å². The summed E-state index contributed by atoms with van der Waals surface area (Å²) in [5.41, 5.74) is 6.66. The first-order valence-electron chi connectivity index (χ1n) is 21.7. The Hall–Kier alpha value is -2.99. The summed E-state index contributed by atoms with van der Waals surface area (Å²) in [4.78, 5) is 15.0. The van der Waals surface area contributed by atoms with Crippen molar-refractivity contribution in [3.05, 3.63) is 59.3 Å². The number of nitrogens with two attached hydrogens (primary N) is 1. The predicted molar refractivity (Wildman–Crippen MR) is 226 cm³/mol. The number of halogens is 1. The van der Waals surface area contributed by atoms with Gasteiger partial charge in [0, 0.05) is 7.11 Å². The van der Waals surface area contributed by atoms with Crippen molar-refractivity contribution >= 4 is 19.2 Å². The fourth-order valence-electron chi connectivity index (χ4n) is 7.62. The van der Waals surface area contributed by atoms with Crippen LogP contribution in [0.15, 0.2) is 36.7 Å². The molecular formula is C44H69FN5O8P. The number of rotatable bonds is 30. The maximum atomic E-state index is 14.2. The Morgan fingerprint density at radius 1 is 0.966 bits per heavy atom. The quantitative estimate of drug-likeness (QED) is 0.0481. The number of benzene rings is 1. The Kier molecular flexibility index (Phi) is 20.2. The van der Waals surface area contributed by atoms with Crippen LogP contribution in [-0.2, 0) is 39.2 Å². The van der Waals surface area contributed by atoms with Crippen LogP contribution in [0.5, 0.6) is 0 Å². The number of nitrogens with zero attached hydrogens (tertiary/aromatic N) is 4. The van der Waals surface area contributed by atoms with E-state index in [0.29, 0.717) is 29.0 Å². The first-order chi connectivity index (χ1) is 28.3. The Balaban J connectivity index is 1.25. The van der Waals surface area contributed by atoms with Gasteiger partial charge in [0.05, 0.1) is 43.3 Å². The number of ether oxygens (including phenoxy) is 4. The molecule has 0 amide bonds. The fraction of sp³-hybridized carbons (Fsp3) is 0.705. The predicted octanol–water partition coefficient (Wildman–Crippen LogP) is 10.7. The second kappa shape index (κ2) is 24.5. The second-order valence-electron chi connectivity index (χ2n) is 16.6. The van der Waals surface area contributed by atoms with E-state index < -0.39 is 43.3 Å². The van der Waals surface area contributed by atoms with Crippen molar-refractivity contribution in [3.8, 4) is 6.07 Å². The van der Waals surface area contributed by atoms with Crippen molar-refractivity contribution in [2.24, 2.45) is 0 Å². The number of phosphoric acid groups is 1. The van der Waals surface area contributed by atoms with E-state index in [1.54, 1.807) is 37.4 Å². The van der Waals surface area contributed by atoms with Gasteiger partial charge in [-0.15, -0.1) is 0 Å². The van der Waals surface area contributed by atoms with Gasteiger partial charge in [0.2, 0.25) is 0 Å². The van der Waals surface area contributed by atoms with Crippen LogP contribution in [0.4, 0.5) is 10.2 Å². The molecule has 1 unspecified atom stereocenters. The lowest BCUT2D eigenvalue weighted by molar-refractivity contribution is -0.180. The summed E-state index contributed by atoms with van der Waals surface area (Å²) in [6.45, 7) is 6.86. The summed E-state index contributed by atoms with van der Waals surface area (Å²) in [7, 11) is -3.19. The Labute approximate surface area is 351 Å². The van der Waals surface area contributed by atoms with Crippen LogP contribution in [0.3, 0.4) is 0 Å². The highest BCUT2D eigenvalue weighted by Gasteiger charge is 2.53. The molecule has 0 saturated carbocycles. The third-order valence-corrected chi connectivity index (χ3v) is 12.0. The van der Waals surface area contributed by atoms with Gasteiger partial charge < -0.3 is 29.6 Å². The van der Waals surface area contributed by atoms with Crippen molar-refractivity contribution in [2.75, 3.05) is 26.1 Å². The summed E-state index contributed by atoms with van der Waals surface area (Å²) in [5.74, 6) is -1.28. The largest absolute Gasteiger partial charge is 0.472 e. The number of hydrogen-bond acceptors (Lipinski definition) is 11. The molecule has 1 aromatic carbocycles. The van der Waals surface area contributed by atoms with Crippen LogP contribution < -0.4 is 5.73 Å². The molecule has 330 valence electrons. The van der Waals surface area contributed by atoms with E-state index in [1.165, 1.54) is 103 Å². The van der Waals surface area contributed by atoms with E-state index in [9.17, 15) is 19.1 Å². The van der Waals surface area contributed by atoms with Crippen molar-refractivity contribution in [3.63, 3.8) is 0 Å². The number of unbranched alkanes of at least 4 members (excludes halogenated alkanes) is 16. The molecule has 1 saturated heterocycles. The monoisotopic (exact) mass is 845 g/mol. The van der Waals surface area contributed by atoms with Crippen LogP contribution in [0.2, 0.25) is 0 Å². The smallest absolute Gasteiger partial charge is 0.382 e. The Bertz CT molecular complexity index is 1790. The second-order valence-corrected chi connectivity index (χ2v) is 18.0. The zero-order valence-corrected chi connectivity index (χ0v) is 36.9. The van der Waals surface area contributed by atoms with Crippen molar-refractivity contribution in [1.82, 2.24) is 14.6 Å². The molecule has 15 heteroatoms. The highest BCUT2D eigenvalue weighted by atomic mass is 31.2. The lowest BCUT2D eigenvalue weighted by Gasteiger charge is -2.35. The number of nitriles is 1. The average Bonchev–Trinajstić information content (AvgIpc) is 3.79. The molecule has 3 N–H and O–H groups in total. The average molecular weight is 846 g/mol. The number of fused-ring (bicyclic) bond motifs is 1. The highest BCUT2D eigenvalue weighted by molar-refractivity contribution is 7.47. The standard InChI is InChI=1S/C44H69FN5O8P/c1-6-7-8-9-10-11-12-13-14-15-16-17-18-19-20-21-22-23-37(54-30-35-26-34(29-46)27-36(45)28-35)31-55-59(51,52)56-32-44(4,53-5)41-40(57-43(2,3)58-41)38-24-25-39-42(47)48-33-49-50(38)39/h24-28,33,37,40-41H,6-23,30-32H2,1-5H3,(H,51,52)(H2,47,48,49)/t37-,40-,41-,44+/m0/s1. The van der Waals surface area contributed by atoms with Gasteiger partial charge in [-0.2, -0.15) is 10.4 Å². The molecule has 1 aliphatic heterocycles. The topological polar surface area (TPSA) is 173 Å². The normalized spacial score (nSPS) is 19.1. The Morgan fingerprint density at radius 3 is 2.17 bits per heavy atom. The molecule has 3 aromatic rings. The molecule has 4 rings (SSSR count). The number of aromatic nitrogens is 3. The zero-order valence-electron chi connectivity index (χ0n) is 36.0. The third-order valence-electron chi connectivity index (χ3n) is 11.1. The van der Waals surface area contributed by atoms with Crippen molar-refractivity contribution in [1.29, 1.82) is 5.26 Å². The van der Waals surface area contributed by atoms with Crippen LogP contribution >= 0.6 is 7.82 Å². The van der Waals surface area contributed by atoms with E-state index >= 15 is 0 Å². The van der Waals surface area contributed by atoms with Gasteiger partial charge in [0.15, 0.2) is 11.6 Å². The van der Waals surface area contributed by atoms with Crippen LogP contribution in [0.1, 0.15) is 166 Å². The van der Waals surface area contributed by atoms with Crippen LogP contribution in [-0.4, -0.2) is 63.4 Å². The minimum atomic E-state index is -4.65. The van der Waals surface area contributed by atoms with Gasteiger partial charge in [-0.1, -0.05) is 116 Å². The summed E-state index contributed by atoms with van der Waals surface area (Å²) in [6.07, 6.45) is 21.2. The number of anilines is 1. The lowest BCUT2D eigenvalue weighted by atomic mass is 9.93. The first-order valence-corrected chi connectivity index (χ1v) is 23.2. The molecule has 0 bridgehead atoms. The number of nitrogen functional groups attached to an aromatic ring is 1. The van der Waals surface area contributed by atoms with Crippen molar-refractivity contribution < 1.29 is 41.8 Å². The molecule has 0 aliphatic carbocycles. The van der Waals surface area contributed by atoms with Gasteiger partial charge in [-0.05, 0) is 63.1 Å². The summed E-state index contributed by atoms with van der Waals surface area (Å²) in [6, 6.07) is 9.57. The fourth-order valence-corrected chi connectivity index (χ4v) is 8.47. The van der Waals surface area contributed by atoms with E-state index in [2.05, 4.69) is 17.0 Å². The number of hydrogen-bond donors (Lipinski definition) is 2. The highest BCUT2D eigenvalue weighted by Crippen LogP contribution is 2.48. The van der Waals surface area contributed by atoms with E-state index in [0.717, 1.165) is 31.7 Å². The summed E-state index contributed by atoms with van der Waals surface area (Å²) < 4.78 is 64.9. The molecule has 0 spiro atoms. The van der Waals surface area contributed by atoms with Crippen LogP contribution in [0.25, 0.3) is 5.52 Å². The minimum Gasteiger partial charge on any atom is -0.382 e. The summed E-state index contributed by atoms with van der Waals surface area (Å²) in [5, 5.41) is 13.6. The Morgan fingerprint density at radius 2 is 1.58 bits per heavy atom. The third kappa shape index (κ3) is 16.1. The molecule has 0 radical (unpaired) electrons. The number of phosphoric ester groups is 1. The minimum absolute atomic E-state index is 0.00105. The van der Waals surface area contributed by atoms with Crippen LogP contribution in [0, 0.1) is 17.1 Å². The van der Waals surface area contributed by atoms with Crippen molar-refractivity contribution in [2.45, 2.75) is 180 Å². The van der Waals surface area contributed by atoms with E-state index in [-0.39, 0.29) is 25.4 Å². The molecule has 59 heavy (non-hydrogen) atoms. The molecule has 1 aliphatic rings. The molecule has 1 fully saturated rings. The molecule has 5 atom stereocenters. The zero-order chi connectivity index (χ0) is 42.7. The lowest BCUT2D eigenvalue weighted by Crippen LogP contribution is -2.48. The molecular weight excluding hydrogens is 776 g/mol. The summed E-state index contributed by atoms with van der Waals surface area (Å²) >= 11 is 0. The van der Waals surface area contributed by atoms with Gasteiger partial charge >= 0.3 is 7.82 Å². The molecule has 13 nitrogen and oxygen atoms in total. The number of methoxy groups -OCH3 is 1. The van der Waals surface area contributed by atoms with Gasteiger partial charge in [-0.25, -0.2) is 18.5 Å². The molecule has 2 aromatic heterocycles. The van der Waals surface area contributed by atoms with E-state index in [1.807, 2.05) is 12.1 Å². The SMILES string of the molecule is CCCCCCCCCCCCCCCCCCC[C@@H](COP(=O)(O)OC[C@@](C)(OC)[C@H]1OC(C)(C)O[C@H]1c1ccc2c(N)ncnn12)OCc1cc(F)cc(C#N)c1. The first kappa shape index (κ1) is 48.7. The van der Waals surface area contributed by atoms with Gasteiger partial charge in [-0.3, -0.25) is 9.05 Å². The van der Waals surface area contributed by atoms with E-state index in [4.69, 9.17) is 33.7 Å². The maximum Gasteiger partial charge on any atom is 0.472 e.